The normalized spacial score (nSPS) is 17.9. The Morgan fingerprint density at radius 1 is 1.10 bits per heavy atom. The minimum atomic E-state index is -1.33. The van der Waals surface area contributed by atoms with Crippen LogP contribution in [0.15, 0.2) is 42.5 Å². The molecule has 2 aromatic rings. The van der Waals surface area contributed by atoms with Gasteiger partial charge in [-0.15, -0.1) is 0 Å². The van der Waals surface area contributed by atoms with Gasteiger partial charge in [-0.3, -0.25) is 14.4 Å². The van der Waals surface area contributed by atoms with Gasteiger partial charge in [-0.25, -0.2) is 4.79 Å². The summed E-state index contributed by atoms with van der Waals surface area (Å²) >= 11 is 6.39. The number of rotatable bonds is 9. The molecule has 4 unspecified atom stereocenters. The first kappa shape index (κ1) is 30.0. The van der Waals surface area contributed by atoms with Crippen molar-refractivity contribution < 1.29 is 23.9 Å². The number of anilines is 1. The highest BCUT2D eigenvalue weighted by atomic mass is 35.5. The second kappa shape index (κ2) is 12.1. The van der Waals surface area contributed by atoms with Gasteiger partial charge in [-0.2, -0.15) is 0 Å². The van der Waals surface area contributed by atoms with E-state index in [4.69, 9.17) is 22.1 Å². The Hall–Kier alpha value is -3.59. The van der Waals surface area contributed by atoms with Crippen molar-refractivity contribution in [1.29, 1.82) is 0 Å². The van der Waals surface area contributed by atoms with Crippen LogP contribution in [-0.4, -0.2) is 46.4 Å². The van der Waals surface area contributed by atoms with Gasteiger partial charge in [0.15, 0.2) is 0 Å². The number of alkyl carbamates (subject to hydrolysis) is 1. The third kappa shape index (κ3) is 7.95. The van der Waals surface area contributed by atoms with Crippen molar-refractivity contribution in [1.82, 2.24) is 10.2 Å². The van der Waals surface area contributed by atoms with Crippen LogP contribution in [0.3, 0.4) is 0 Å². The molecule has 0 saturated heterocycles. The van der Waals surface area contributed by atoms with E-state index in [0.717, 1.165) is 11.1 Å². The van der Waals surface area contributed by atoms with E-state index in [1.54, 1.807) is 45.0 Å². The van der Waals surface area contributed by atoms with E-state index in [1.807, 2.05) is 39.0 Å². The van der Waals surface area contributed by atoms with Crippen LogP contribution in [0.1, 0.15) is 63.3 Å². The van der Waals surface area contributed by atoms with Crippen LogP contribution in [0.4, 0.5) is 10.5 Å². The number of nitrogens with two attached hydrogens (primary N) is 1. The molecule has 1 saturated carbocycles. The highest BCUT2D eigenvalue weighted by molar-refractivity contribution is 6.34. The number of halogens is 1. The maximum Gasteiger partial charge on any atom is 0.408 e. The molecule has 2 aromatic carbocycles. The predicted molar refractivity (Wildman–Crippen MR) is 150 cm³/mol. The number of ether oxygens (including phenoxy) is 1. The Morgan fingerprint density at radius 2 is 1.72 bits per heavy atom. The Kier molecular flexibility index (Phi) is 9.27. The molecule has 0 heterocycles. The molecule has 0 radical (unpaired) electrons. The lowest BCUT2D eigenvalue weighted by atomic mass is 10.00. The van der Waals surface area contributed by atoms with Crippen LogP contribution in [0.5, 0.6) is 0 Å². The Labute approximate surface area is 234 Å². The summed E-state index contributed by atoms with van der Waals surface area (Å²) in [5, 5.41) is 5.77. The number of hydrogen-bond acceptors (Lipinski definition) is 5. The highest BCUT2D eigenvalue weighted by Crippen LogP contribution is 2.41. The molecule has 0 aliphatic heterocycles. The van der Waals surface area contributed by atoms with E-state index in [1.165, 1.54) is 4.90 Å². The third-order valence-corrected chi connectivity index (χ3v) is 6.78. The number of benzene rings is 2. The van der Waals surface area contributed by atoms with Crippen LogP contribution in [0, 0.1) is 19.8 Å². The lowest BCUT2D eigenvalue weighted by Crippen LogP contribution is -2.54. The minimum absolute atomic E-state index is 0.104. The van der Waals surface area contributed by atoms with Gasteiger partial charge in [0.25, 0.3) is 5.91 Å². The van der Waals surface area contributed by atoms with Crippen LogP contribution in [0.25, 0.3) is 0 Å². The fraction of sp³-hybridized carbons (Fsp3) is 0.448. The molecular formula is C29H37ClN4O5. The van der Waals surface area contributed by atoms with E-state index < -0.39 is 47.9 Å². The average Bonchev–Trinajstić information content (AvgIpc) is 3.54. The van der Waals surface area contributed by atoms with Gasteiger partial charge in [0.1, 0.15) is 17.7 Å². The molecule has 0 aromatic heterocycles. The van der Waals surface area contributed by atoms with Crippen LogP contribution >= 0.6 is 11.6 Å². The fourth-order valence-corrected chi connectivity index (χ4v) is 4.64. The van der Waals surface area contributed by atoms with Gasteiger partial charge in [0.2, 0.25) is 11.8 Å². The summed E-state index contributed by atoms with van der Waals surface area (Å²) in [4.78, 5) is 54.1. The number of amides is 4. The lowest BCUT2D eigenvalue weighted by molar-refractivity contribution is -0.142. The molecule has 1 fully saturated rings. The molecule has 4 N–H and O–H groups in total. The number of nitrogens with zero attached hydrogens (tertiary/aromatic N) is 1. The third-order valence-electron chi connectivity index (χ3n) is 6.46. The summed E-state index contributed by atoms with van der Waals surface area (Å²) < 4.78 is 5.32. The smallest absolute Gasteiger partial charge is 0.408 e. The molecular weight excluding hydrogens is 520 g/mol. The SMILES string of the molecule is Cc1ccc(C(C(=O)Nc2c(C)cccc2Cl)N(C(=O)C(CC(N)=O)NC(=O)OC(C)(C)C)C2CC2C)cc1. The summed E-state index contributed by atoms with van der Waals surface area (Å²) in [6, 6.07) is 9.87. The van der Waals surface area contributed by atoms with Gasteiger partial charge in [-0.1, -0.05) is 60.5 Å². The molecule has 9 nitrogen and oxygen atoms in total. The van der Waals surface area contributed by atoms with E-state index in [9.17, 15) is 19.2 Å². The van der Waals surface area contributed by atoms with Gasteiger partial charge >= 0.3 is 6.09 Å². The average molecular weight is 557 g/mol. The van der Waals surface area contributed by atoms with Gasteiger partial charge in [-0.05, 0) is 64.2 Å². The molecule has 10 heteroatoms. The maximum atomic E-state index is 14.1. The topological polar surface area (TPSA) is 131 Å². The van der Waals surface area contributed by atoms with Gasteiger partial charge in [0.05, 0.1) is 17.1 Å². The van der Waals surface area contributed by atoms with Crippen LogP contribution in [0.2, 0.25) is 5.02 Å². The minimum Gasteiger partial charge on any atom is -0.444 e. The Morgan fingerprint density at radius 3 is 2.23 bits per heavy atom. The van der Waals surface area contributed by atoms with E-state index in [2.05, 4.69) is 10.6 Å². The van der Waals surface area contributed by atoms with Crippen LogP contribution in [-0.2, 0) is 19.1 Å². The standard InChI is InChI=1S/C29H37ClN4O5/c1-16-10-12-19(13-11-16)25(26(36)33-24-17(2)8-7-9-20(24)30)34(22-14-18(22)3)27(37)21(15-23(31)35)32-28(38)39-29(4,5)6/h7-13,18,21-22,25H,14-15H2,1-6H3,(H2,31,35)(H,32,38)(H,33,36). The van der Waals surface area contributed by atoms with Crippen molar-refractivity contribution in [2.24, 2.45) is 11.7 Å². The van der Waals surface area contributed by atoms with Crippen molar-refractivity contribution in [2.45, 2.75) is 78.1 Å². The fourth-order valence-electron chi connectivity index (χ4n) is 4.37. The zero-order valence-electron chi connectivity index (χ0n) is 23.2. The van der Waals surface area contributed by atoms with Gasteiger partial charge < -0.3 is 26.0 Å². The van der Waals surface area contributed by atoms with Crippen LogP contribution < -0.4 is 16.4 Å². The number of carbonyl (C=O) groups is 4. The Bertz CT molecular complexity index is 1220. The first-order valence-corrected chi connectivity index (χ1v) is 13.3. The molecule has 1 aliphatic rings. The first-order valence-electron chi connectivity index (χ1n) is 12.9. The zero-order valence-corrected chi connectivity index (χ0v) is 24.0. The number of hydrogen-bond donors (Lipinski definition) is 3. The van der Waals surface area contributed by atoms with Crippen molar-refractivity contribution in [3.63, 3.8) is 0 Å². The number of carbonyl (C=O) groups excluding carboxylic acids is 4. The highest BCUT2D eigenvalue weighted by Gasteiger charge is 2.48. The van der Waals surface area contributed by atoms with E-state index in [-0.39, 0.29) is 12.0 Å². The first-order chi connectivity index (χ1) is 18.2. The molecule has 0 spiro atoms. The quantitative estimate of drug-likeness (QED) is 0.414. The summed E-state index contributed by atoms with van der Waals surface area (Å²) in [6.45, 7) is 10.8. The second-order valence-electron chi connectivity index (χ2n) is 11.1. The molecule has 4 amide bonds. The van der Waals surface area contributed by atoms with Crippen molar-refractivity contribution >= 4 is 41.1 Å². The number of para-hydroxylation sites is 1. The number of primary amides is 1. The molecule has 210 valence electrons. The second-order valence-corrected chi connectivity index (χ2v) is 11.5. The summed E-state index contributed by atoms with van der Waals surface area (Å²) in [5.74, 6) is -1.76. The van der Waals surface area contributed by atoms with Gasteiger partial charge in [0, 0.05) is 6.04 Å². The summed E-state index contributed by atoms with van der Waals surface area (Å²) in [6.07, 6.45) is -0.669. The summed E-state index contributed by atoms with van der Waals surface area (Å²) in [7, 11) is 0. The zero-order chi connectivity index (χ0) is 29.1. The molecule has 39 heavy (non-hydrogen) atoms. The molecule has 0 bridgehead atoms. The number of nitrogens with one attached hydrogen (secondary N) is 2. The molecule has 3 rings (SSSR count). The monoisotopic (exact) mass is 556 g/mol. The van der Waals surface area contributed by atoms with Crippen molar-refractivity contribution in [3.8, 4) is 0 Å². The maximum absolute atomic E-state index is 14.1. The molecule has 4 atom stereocenters. The Balaban J connectivity index is 2.05. The van der Waals surface area contributed by atoms with E-state index >= 15 is 0 Å². The van der Waals surface area contributed by atoms with E-state index in [0.29, 0.717) is 22.7 Å². The largest absolute Gasteiger partial charge is 0.444 e. The van der Waals surface area contributed by atoms with Crippen molar-refractivity contribution in [3.05, 3.63) is 64.2 Å². The number of aryl methyl sites for hydroxylation is 2. The summed E-state index contributed by atoms with van der Waals surface area (Å²) in [5.41, 5.74) is 7.39. The predicted octanol–water partition coefficient (Wildman–Crippen LogP) is 4.64. The van der Waals surface area contributed by atoms with Crippen molar-refractivity contribution in [2.75, 3.05) is 5.32 Å². The molecule has 1 aliphatic carbocycles. The lowest BCUT2D eigenvalue weighted by Gasteiger charge is -2.35.